The summed E-state index contributed by atoms with van der Waals surface area (Å²) in [5.41, 5.74) is 3.20. The predicted octanol–water partition coefficient (Wildman–Crippen LogP) is 2.44. The van der Waals surface area contributed by atoms with Crippen molar-refractivity contribution in [2.75, 3.05) is 0 Å². The van der Waals surface area contributed by atoms with Crippen LogP contribution in [0.15, 0.2) is 30.9 Å². The number of halogens is 2. The SMILES string of the molecule is C=CCCC(NN)c1ccc(F)c(F)c1. The summed E-state index contributed by atoms with van der Waals surface area (Å²) in [5.74, 6) is 3.63. The van der Waals surface area contributed by atoms with Gasteiger partial charge in [-0.25, -0.2) is 8.78 Å². The van der Waals surface area contributed by atoms with Crippen LogP contribution in [-0.4, -0.2) is 0 Å². The lowest BCUT2D eigenvalue weighted by atomic mass is 10.0. The second-order valence-electron chi connectivity index (χ2n) is 3.26. The van der Waals surface area contributed by atoms with Crippen LogP contribution in [0, 0.1) is 11.6 Å². The molecule has 4 heteroatoms. The van der Waals surface area contributed by atoms with E-state index in [0.717, 1.165) is 18.6 Å². The first-order valence-electron chi connectivity index (χ1n) is 4.71. The summed E-state index contributed by atoms with van der Waals surface area (Å²) >= 11 is 0. The van der Waals surface area contributed by atoms with Gasteiger partial charge in [-0.3, -0.25) is 11.3 Å². The predicted molar refractivity (Wildman–Crippen MR) is 55.9 cm³/mol. The van der Waals surface area contributed by atoms with Crippen LogP contribution in [0.5, 0.6) is 0 Å². The molecule has 0 amide bonds. The molecule has 0 aliphatic carbocycles. The first-order chi connectivity index (χ1) is 7.19. The van der Waals surface area contributed by atoms with Crippen molar-refractivity contribution in [1.29, 1.82) is 0 Å². The largest absolute Gasteiger partial charge is 0.271 e. The van der Waals surface area contributed by atoms with Gasteiger partial charge in [0.25, 0.3) is 0 Å². The van der Waals surface area contributed by atoms with E-state index in [1.54, 1.807) is 6.08 Å². The second-order valence-corrected chi connectivity index (χ2v) is 3.26. The Morgan fingerprint density at radius 2 is 2.13 bits per heavy atom. The van der Waals surface area contributed by atoms with Crippen molar-refractivity contribution < 1.29 is 8.78 Å². The normalized spacial score (nSPS) is 12.5. The fourth-order valence-electron chi connectivity index (χ4n) is 1.36. The maximum atomic E-state index is 12.9. The van der Waals surface area contributed by atoms with E-state index in [1.165, 1.54) is 6.07 Å². The van der Waals surface area contributed by atoms with Crippen molar-refractivity contribution in [1.82, 2.24) is 5.43 Å². The first kappa shape index (κ1) is 11.8. The highest BCUT2D eigenvalue weighted by atomic mass is 19.2. The molecule has 0 spiro atoms. The summed E-state index contributed by atoms with van der Waals surface area (Å²) in [6, 6.07) is 3.59. The van der Waals surface area contributed by atoms with Crippen molar-refractivity contribution >= 4 is 0 Å². The number of nitrogens with two attached hydrogens (primary N) is 1. The smallest absolute Gasteiger partial charge is 0.159 e. The van der Waals surface area contributed by atoms with Gasteiger partial charge in [-0.05, 0) is 30.5 Å². The Morgan fingerprint density at radius 1 is 1.40 bits per heavy atom. The molecule has 0 saturated carbocycles. The van der Waals surface area contributed by atoms with Gasteiger partial charge in [0, 0.05) is 6.04 Å². The summed E-state index contributed by atoms with van der Waals surface area (Å²) in [4.78, 5) is 0. The maximum Gasteiger partial charge on any atom is 0.159 e. The molecule has 0 aromatic heterocycles. The molecule has 1 aromatic carbocycles. The van der Waals surface area contributed by atoms with Crippen LogP contribution in [0.2, 0.25) is 0 Å². The minimum absolute atomic E-state index is 0.182. The third-order valence-corrected chi connectivity index (χ3v) is 2.21. The fourth-order valence-corrected chi connectivity index (χ4v) is 1.36. The number of nitrogens with one attached hydrogen (secondary N) is 1. The zero-order valence-electron chi connectivity index (χ0n) is 8.34. The van der Waals surface area contributed by atoms with Crippen molar-refractivity contribution in [3.05, 3.63) is 48.1 Å². The van der Waals surface area contributed by atoms with Gasteiger partial charge in [0.2, 0.25) is 0 Å². The van der Waals surface area contributed by atoms with Gasteiger partial charge in [-0.15, -0.1) is 6.58 Å². The summed E-state index contributed by atoms with van der Waals surface area (Å²) in [5, 5.41) is 0. The monoisotopic (exact) mass is 212 g/mol. The third kappa shape index (κ3) is 3.11. The molecule has 0 aliphatic rings. The molecule has 3 N–H and O–H groups in total. The minimum atomic E-state index is -0.855. The molecular weight excluding hydrogens is 198 g/mol. The lowest BCUT2D eigenvalue weighted by molar-refractivity contribution is 0.489. The Kier molecular flexibility index (Phi) is 4.39. The Hall–Kier alpha value is -1.26. The van der Waals surface area contributed by atoms with Gasteiger partial charge < -0.3 is 0 Å². The van der Waals surface area contributed by atoms with E-state index in [2.05, 4.69) is 12.0 Å². The average Bonchev–Trinajstić information content (AvgIpc) is 2.24. The van der Waals surface area contributed by atoms with E-state index < -0.39 is 11.6 Å². The van der Waals surface area contributed by atoms with Crippen LogP contribution >= 0.6 is 0 Å². The molecule has 0 bridgehead atoms. The number of allylic oxidation sites excluding steroid dienone is 1. The Morgan fingerprint density at radius 3 is 2.67 bits per heavy atom. The van der Waals surface area contributed by atoms with Crippen LogP contribution in [0.25, 0.3) is 0 Å². The Balaban J connectivity index is 2.82. The van der Waals surface area contributed by atoms with Crippen LogP contribution in [0.4, 0.5) is 8.78 Å². The highest BCUT2D eigenvalue weighted by Gasteiger charge is 2.11. The molecule has 0 saturated heterocycles. The highest BCUT2D eigenvalue weighted by molar-refractivity contribution is 5.21. The van der Waals surface area contributed by atoms with Crippen LogP contribution in [-0.2, 0) is 0 Å². The standard InChI is InChI=1S/C11H14F2N2/c1-2-3-4-11(15-14)8-5-6-9(12)10(13)7-8/h2,5-7,11,15H,1,3-4,14H2. The molecule has 0 aliphatic heterocycles. The summed E-state index contributed by atoms with van der Waals surface area (Å²) < 4.78 is 25.6. The Labute approximate surface area is 87.8 Å². The molecular formula is C11H14F2N2. The lowest BCUT2D eigenvalue weighted by Gasteiger charge is -2.15. The molecule has 1 rings (SSSR count). The lowest BCUT2D eigenvalue weighted by Crippen LogP contribution is -2.28. The molecule has 15 heavy (non-hydrogen) atoms. The molecule has 1 atom stereocenters. The number of hydrazine groups is 1. The second kappa shape index (κ2) is 5.58. The van der Waals surface area contributed by atoms with E-state index in [9.17, 15) is 8.78 Å². The minimum Gasteiger partial charge on any atom is -0.271 e. The molecule has 82 valence electrons. The average molecular weight is 212 g/mol. The van der Waals surface area contributed by atoms with Gasteiger partial charge in [0.15, 0.2) is 11.6 Å². The molecule has 1 unspecified atom stereocenters. The Bertz CT molecular complexity index is 339. The number of hydrogen-bond acceptors (Lipinski definition) is 2. The van der Waals surface area contributed by atoms with E-state index in [1.807, 2.05) is 0 Å². The van der Waals surface area contributed by atoms with E-state index >= 15 is 0 Å². The molecule has 2 nitrogen and oxygen atoms in total. The van der Waals surface area contributed by atoms with Crippen LogP contribution < -0.4 is 11.3 Å². The van der Waals surface area contributed by atoms with E-state index in [-0.39, 0.29) is 6.04 Å². The zero-order chi connectivity index (χ0) is 11.3. The molecule has 1 aromatic rings. The van der Waals surface area contributed by atoms with Crippen molar-refractivity contribution in [3.8, 4) is 0 Å². The van der Waals surface area contributed by atoms with Gasteiger partial charge >= 0.3 is 0 Å². The van der Waals surface area contributed by atoms with Crippen molar-refractivity contribution in [2.24, 2.45) is 5.84 Å². The highest BCUT2D eigenvalue weighted by Crippen LogP contribution is 2.19. The summed E-state index contributed by atoms with van der Waals surface area (Å²) in [6.45, 7) is 3.59. The van der Waals surface area contributed by atoms with Crippen LogP contribution in [0.3, 0.4) is 0 Å². The van der Waals surface area contributed by atoms with Gasteiger partial charge in [0.05, 0.1) is 0 Å². The quantitative estimate of drug-likeness (QED) is 0.447. The topological polar surface area (TPSA) is 38.0 Å². The number of hydrogen-bond donors (Lipinski definition) is 2. The number of benzene rings is 1. The molecule has 0 radical (unpaired) electrons. The van der Waals surface area contributed by atoms with Gasteiger partial charge in [-0.2, -0.15) is 0 Å². The summed E-state index contributed by atoms with van der Waals surface area (Å²) in [6.07, 6.45) is 3.21. The molecule has 0 fully saturated rings. The van der Waals surface area contributed by atoms with Crippen molar-refractivity contribution in [3.63, 3.8) is 0 Å². The van der Waals surface area contributed by atoms with Crippen molar-refractivity contribution in [2.45, 2.75) is 18.9 Å². The third-order valence-electron chi connectivity index (χ3n) is 2.21. The molecule has 0 heterocycles. The zero-order valence-corrected chi connectivity index (χ0v) is 8.34. The fraction of sp³-hybridized carbons (Fsp3) is 0.273. The van der Waals surface area contributed by atoms with Gasteiger partial charge in [-0.1, -0.05) is 12.1 Å². The summed E-state index contributed by atoms with van der Waals surface area (Å²) in [7, 11) is 0. The van der Waals surface area contributed by atoms with Crippen LogP contribution in [0.1, 0.15) is 24.4 Å². The van der Waals surface area contributed by atoms with E-state index in [0.29, 0.717) is 12.0 Å². The number of rotatable bonds is 5. The first-order valence-corrected chi connectivity index (χ1v) is 4.71. The maximum absolute atomic E-state index is 12.9. The van der Waals surface area contributed by atoms with E-state index in [4.69, 9.17) is 5.84 Å². The van der Waals surface area contributed by atoms with Gasteiger partial charge in [0.1, 0.15) is 0 Å².